The van der Waals surface area contributed by atoms with E-state index in [1.165, 1.54) is 5.56 Å². The molecule has 25 heavy (non-hydrogen) atoms. The first-order valence-corrected chi connectivity index (χ1v) is 9.58. The maximum absolute atomic E-state index is 12.9. The molecule has 0 aromatic heterocycles. The average Bonchev–Trinajstić information content (AvgIpc) is 3.45. The van der Waals surface area contributed by atoms with Crippen molar-refractivity contribution in [3.05, 3.63) is 35.9 Å². The summed E-state index contributed by atoms with van der Waals surface area (Å²) in [5.41, 5.74) is 1.19. The number of likely N-dealkylation sites (tertiary alicyclic amines) is 1. The van der Waals surface area contributed by atoms with E-state index in [1.807, 2.05) is 28.0 Å². The molecule has 0 radical (unpaired) electrons. The Balaban J connectivity index is 1.34. The van der Waals surface area contributed by atoms with E-state index in [4.69, 9.17) is 0 Å². The summed E-state index contributed by atoms with van der Waals surface area (Å²) in [5, 5.41) is 0. The van der Waals surface area contributed by atoms with Crippen molar-refractivity contribution < 1.29 is 9.59 Å². The fourth-order valence-corrected chi connectivity index (χ4v) is 4.08. The molecule has 2 aliphatic heterocycles. The van der Waals surface area contributed by atoms with E-state index in [0.717, 1.165) is 58.4 Å². The molecule has 134 valence electrons. The molecular formula is C20H27N3O2. The van der Waals surface area contributed by atoms with E-state index < -0.39 is 0 Å². The number of amides is 2. The van der Waals surface area contributed by atoms with Crippen molar-refractivity contribution in [2.24, 2.45) is 5.92 Å². The number of hydrogen-bond donors (Lipinski definition) is 0. The highest BCUT2D eigenvalue weighted by molar-refractivity contribution is 5.84. The lowest BCUT2D eigenvalue weighted by atomic mass is 10.2. The molecule has 3 aliphatic rings. The molecule has 4 rings (SSSR count). The lowest BCUT2D eigenvalue weighted by Crippen LogP contribution is -2.44. The molecule has 2 saturated heterocycles. The predicted molar refractivity (Wildman–Crippen MR) is 95.8 cm³/mol. The molecule has 2 heterocycles. The van der Waals surface area contributed by atoms with Gasteiger partial charge in [0, 0.05) is 45.2 Å². The smallest absolute Gasteiger partial charge is 0.240 e. The van der Waals surface area contributed by atoms with Crippen molar-refractivity contribution in [2.75, 3.05) is 32.7 Å². The SMILES string of the molecule is O=C(C1CC1)N1CCCN(C2CCN(Cc3ccccc3)C2=O)CC1. The summed E-state index contributed by atoms with van der Waals surface area (Å²) in [4.78, 5) is 31.5. The van der Waals surface area contributed by atoms with Crippen LogP contribution in [0.5, 0.6) is 0 Å². The van der Waals surface area contributed by atoms with Gasteiger partial charge < -0.3 is 9.80 Å². The fourth-order valence-electron chi connectivity index (χ4n) is 4.08. The molecule has 0 bridgehead atoms. The maximum Gasteiger partial charge on any atom is 0.240 e. The highest BCUT2D eigenvalue weighted by Crippen LogP contribution is 2.31. The Morgan fingerprint density at radius 2 is 1.76 bits per heavy atom. The van der Waals surface area contributed by atoms with Crippen molar-refractivity contribution in [1.29, 1.82) is 0 Å². The molecule has 0 spiro atoms. The maximum atomic E-state index is 12.9. The molecule has 5 nitrogen and oxygen atoms in total. The van der Waals surface area contributed by atoms with Crippen molar-refractivity contribution in [1.82, 2.24) is 14.7 Å². The van der Waals surface area contributed by atoms with Crippen molar-refractivity contribution in [3.63, 3.8) is 0 Å². The molecule has 0 N–H and O–H groups in total. The first-order chi connectivity index (χ1) is 12.2. The second kappa shape index (κ2) is 7.16. The van der Waals surface area contributed by atoms with Crippen molar-refractivity contribution >= 4 is 11.8 Å². The standard InChI is InChI=1S/C20H27N3O2/c24-19(17-7-8-17)22-11-4-10-21(13-14-22)18-9-12-23(20(18)25)15-16-5-2-1-3-6-16/h1-3,5-6,17-18H,4,7-15H2. The molecule has 1 unspecified atom stereocenters. The van der Waals surface area contributed by atoms with Crippen LogP contribution in [0.2, 0.25) is 0 Å². The van der Waals surface area contributed by atoms with Gasteiger partial charge in [0.05, 0.1) is 6.04 Å². The van der Waals surface area contributed by atoms with Crippen LogP contribution in [0.1, 0.15) is 31.2 Å². The highest BCUT2D eigenvalue weighted by atomic mass is 16.2. The third-order valence-corrected chi connectivity index (χ3v) is 5.69. The average molecular weight is 341 g/mol. The lowest BCUT2D eigenvalue weighted by molar-refractivity contribution is -0.132. The van der Waals surface area contributed by atoms with E-state index in [9.17, 15) is 9.59 Å². The summed E-state index contributed by atoms with van der Waals surface area (Å²) < 4.78 is 0. The van der Waals surface area contributed by atoms with Gasteiger partial charge >= 0.3 is 0 Å². The normalized spacial score (nSPS) is 25.3. The van der Waals surface area contributed by atoms with Gasteiger partial charge in [0.2, 0.25) is 11.8 Å². The summed E-state index contributed by atoms with van der Waals surface area (Å²) in [5.74, 6) is 0.886. The number of hydrogen-bond acceptors (Lipinski definition) is 3. The Kier molecular flexibility index (Phi) is 4.75. The van der Waals surface area contributed by atoms with Crippen LogP contribution in [0.3, 0.4) is 0 Å². The monoisotopic (exact) mass is 341 g/mol. The van der Waals surface area contributed by atoms with E-state index in [2.05, 4.69) is 17.0 Å². The van der Waals surface area contributed by atoms with Gasteiger partial charge in [-0.25, -0.2) is 0 Å². The Hall–Kier alpha value is -1.88. The quantitative estimate of drug-likeness (QED) is 0.838. The number of carbonyl (C=O) groups is 2. The topological polar surface area (TPSA) is 43.9 Å². The molecule has 2 amide bonds. The van der Waals surface area contributed by atoms with Gasteiger partial charge in [-0.1, -0.05) is 30.3 Å². The summed E-state index contributed by atoms with van der Waals surface area (Å²) in [6.07, 6.45) is 4.01. The number of rotatable bonds is 4. The Labute approximate surface area is 149 Å². The second-order valence-electron chi connectivity index (χ2n) is 7.54. The zero-order valence-corrected chi connectivity index (χ0v) is 14.8. The van der Waals surface area contributed by atoms with Gasteiger partial charge in [-0.3, -0.25) is 14.5 Å². The van der Waals surface area contributed by atoms with Gasteiger partial charge in [0.1, 0.15) is 0 Å². The minimum Gasteiger partial charge on any atom is -0.341 e. The summed E-state index contributed by atoms with van der Waals surface area (Å²) in [7, 11) is 0. The van der Waals surface area contributed by atoms with Crippen molar-refractivity contribution in [2.45, 2.75) is 38.3 Å². The second-order valence-corrected chi connectivity index (χ2v) is 7.54. The molecule has 1 aromatic carbocycles. The number of benzene rings is 1. The van der Waals surface area contributed by atoms with Gasteiger partial charge in [-0.15, -0.1) is 0 Å². The molecule has 1 aromatic rings. The Morgan fingerprint density at radius 3 is 2.52 bits per heavy atom. The Morgan fingerprint density at radius 1 is 0.960 bits per heavy atom. The van der Waals surface area contributed by atoms with E-state index in [-0.39, 0.29) is 11.9 Å². The Bertz CT molecular complexity index is 629. The zero-order valence-electron chi connectivity index (χ0n) is 14.8. The number of carbonyl (C=O) groups excluding carboxylic acids is 2. The van der Waals surface area contributed by atoms with Crippen LogP contribution in [-0.4, -0.2) is 65.3 Å². The number of nitrogens with zero attached hydrogens (tertiary/aromatic N) is 3. The molecule has 5 heteroatoms. The van der Waals surface area contributed by atoms with Crippen LogP contribution < -0.4 is 0 Å². The highest BCUT2D eigenvalue weighted by Gasteiger charge is 2.38. The zero-order chi connectivity index (χ0) is 17.2. The van der Waals surface area contributed by atoms with E-state index in [0.29, 0.717) is 18.4 Å². The largest absolute Gasteiger partial charge is 0.341 e. The van der Waals surface area contributed by atoms with Gasteiger partial charge in [-0.05, 0) is 31.2 Å². The molecule has 1 aliphatic carbocycles. The van der Waals surface area contributed by atoms with Gasteiger partial charge in [0.15, 0.2) is 0 Å². The summed E-state index contributed by atoms with van der Waals surface area (Å²) in [6, 6.07) is 10.2. The van der Waals surface area contributed by atoms with Crippen LogP contribution in [0.15, 0.2) is 30.3 Å². The molecule has 1 saturated carbocycles. The molecule has 3 fully saturated rings. The predicted octanol–water partition coefficient (Wildman–Crippen LogP) is 1.73. The summed E-state index contributed by atoms with van der Waals surface area (Å²) in [6.45, 7) is 4.91. The first-order valence-electron chi connectivity index (χ1n) is 9.58. The molecular weight excluding hydrogens is 314 g/mol. The fraction of sp³-hybridized carbons (Fsp3) is 0.600. The van der Waals surface area contributed by atoms with Gasteiger partial charge in [0.25, 0.3) is 0 Å². The lowest BCUT2D eigenvalue weighted by Gasteiger charge is -2.26. The third kappa shape index (κ3) is 3.71. The van der Waals surface area contributed by atoms with E-state index >= 15 is 0 Å². The minimum absolute atomic E-state index is 0.000288. The van der Waals surface area contributed by atoms with Crippen LogP contribution >= 0.6 is 0 Å². The minimum atomic E-state index is -0.000288. The van der Waals surface area contributed by atoms with Crippen LogP contribution in [0, 0.1) is 5.92 Å². The third-order valence-electron chi connectivity index (χ3n) is 5.69. The van der Waals surface area contributed by atoms with Gasteiger partial charge in [-0.2, -0.15) is 0 Å². The first kappa shape index (κ1) is 16.6. The van der Waals surface area contributed by atoms with Crippen LogP contribution in [0.25, 0.3) is 0 Å². The summed E-state index contributed by atoms with van der Waals surface area (Å²) >= 11 is 0. The van der Waals surface area contributed by atoms with Crippen molar-refractivity contribution in [3.8, 4) is 0 Å². The van der Waals surface area contributed by atoms with Crippen LogP contribution in [-0.2, 0) is 16.1 Å². The molecule has 1 atom stereocenters. The van der Waals surface area contributed by atoms with Crippen LogP contribution in [0.4, 0.5) is 0 Å². The van der Waals surface area contributed by atoms with E-state index in [1.54, 1.807) is 0 Å².